The van der Waals surface area contributed by atoms with Crippen LogP contribution in [0.3, 0.4) is 0 Å². The molecule has 0 amide bonds. The number of ether oxygens (including phenoxy) is 1. The lowest BCUT2D eigenvalue weighted by atomic mass is 10.1. The van der Waals surface area contributed by atoms with Crippen LogP contribution in [0.25, 0.3) is 11.3 Å². The molecule has 0 aliphatic rings. The van der Waals surface area contributed by atoms with E-state index >= 15 is 0 Å². The summed E-state index contributed by atoms with van der Waals surface area (Å²) in [5.41, 5.74) is 1.07. The molecule has 0 aliphatic carbocycles. The van der Waals surface area contributed by atoms with Gasteiger partial charge in [0.1, 0.15) is 5.82 Å². The number of hydrogen-bond acceptors (Lipinski definition) is 4. The Morgan fingerprint density at radius 2 is 2.22 bits per heavy atom. The number of aromatic nitrogens is 2. The average molecular weight is 246 g/mol. The van der Waals surface area contributed by atoms with Crippen molar-refractivity contribution in [2.75, 3.05) is 6.61 Å². The van der Waals surface area contributed by atoms with E-state index in [2.05, 4.69) is 9.97 Å². The molecule has 0 unspecified atom stereocenters. The van der Waals surface area contributed by atoms with Gasteiger partial charge in [-0.3, -0.25) is 9.78 Å². The van der Waals surface area contributed by atoms with Crippen molar-refractivity contribution in [3.8, 4) is 17.1 Å². The molecule has 18 heavy (non-hydrogen) atoms. The second kappa shape index (κ2) is 5.35. The topological polar surface area (TPSA) is 52.1 Å². The smallest absolute Gasteiger partial charge is 0.232 e. The number of aldehydes is 1. The van der Waals surface area contributed by atoms with Gasteiger partial charge in [0, 0.05) is 5.56 Å². The van der Waals surface area contributed by atoms with Crippen LogP contribution in [0.15, 0.2) is 30.6 Å². The van der Waals surface area contributed by atoms with Crippen molar-refractivity contribution in [3.63, 3.8) is 0 Å². The molecule has 1 aromatic carbocycles. The fraction of sp³-hybridized carbons (Fsp3) is 0.154. The van der Waals surface area contributed by atoms with Gasteiger partial charge in [0.25, 0.3) is 0 Å². The number of rotatable bonds is 4. The van der Waals surface area contributed by atoms with Crippen molar-refractivity contribution in [2.24, 2.45) is 0 Å². The highest BCUT2D eigenvalue weighted by atomic mass is 19.1. The Morgan fingerprint density at radius 1 is 1.39 bits per heavy atom. The van der Waals surface area contributed by atoms with E-state index in [1.54, 1.807) is 6.07 Å². The molecule has 0 spiro atoms. The van der Waals surface area contributed by atoms with Crippen LogP contribution in [0, 0.1) is 5.82 Å². The van der Waals surface area contributed by atoms with Crippen LogP contribution >= 0.6 is 0 Å². The highest BCUT2D eigenvalue weighted by molar-refractivity contribution is 5.76. The van der Waals surface area contributed by atoms with Crippen LogP contribution < -0.4 is 4.74 Å². The molecule has 0 atom stereocenters. The first-order valence-electron chi connectivity index (χ1n) is 5.44. The third-order valence-electron chi connectivity index (χ3n) is 2.33. The molecule has 1 aromatic heterocycles. The average Bonchev–Trinajstić information content (AvgIpc) is 2.39. The van der Waals surface area contributed by atoms with Gasteiger partial charge in [0.2, 0.25) is 5.88 Å². The summed E-state index contributed by atoms with van der Waals surface area (Å²) in [6.07, 6.45) is 3.47. The van der Waals surface area contributed by atoms with E-state index in [1.165, 1.54) is 24.5 Å². The van der Waals surface area contributed by atoms with E-state index in [0.29, 0.717) is 30.0 Å². The molecule has 5 heteroatoms. The lowest BCUT2D eigenvalue weighted by Crippen LogP contribution is -1.97. The molecule has 0 saturated heterocycles. The van der Waals surface area contributed by atoms with Crippen molar-refractivity contribution in [2.45, 2.75) is 6.92 Å². The molecule has 0 radical (unpaired) electrons. The summed E-state index contributed by atoms with van der Waals surface area (Å²) in [5, 5.41) is 0. The van der Waals surface area contributed by atoms with Crippen LogP contribution in [0.5, 0.6) is 5.88 Å². The predicted molar refractivity (Wildman–Crippen MR) is 64.0 cm³/mol. The van der Waals surface area contributed by atoms with E-state index < -0.39 is 5.82 Å². The Hall–Kier alpha value is -2.30. The molecular weight excluding hydrogens is 235 g/mol. The van der Waals surface area contributed by atoms with E-state index in [0.717, 1.165) is 0 Å². The molecule has 0 bridgehead atoms. The van der Waals surface area contributed by atoms with Crippen molar-refractivity contribution in [3.05, 3.63) is 42.0 Å². The molecule has 0 aliphatic heterocycles. The monoisotopic (exact) mass is 246 g/mol. The van der Waals surface area contributed by atoms with Gasteiger partial charge in [0.15, 0.2) is 6.29 Å². The summed E-state index contributed by atoms with van der Waals surface area (Å²) < 4.78 is 18.7. The van der Waals surface area contributed by atoms with Crippen molar-refractivity contribution >= 4 is 6.29 Å². The maximum Gasteiger partial charge on any atom is 0.232 e. The standard InChI is InChI=1S/C13H11FN2O2/c1-2-18-13-7-15-6-12(16-13)9-3-4-10(8-17)11(14)5-9/h3-8H,2H2,1H3. The zero-order valence-electron chi connectivity index (χ0n) is 9.76. The van der Waals surface area contributed by atoms with Gasteiger partial charge >= 0.3 is 0 Å². The highest BCUT2D eigenvalue weighted by Crippen LogP contribution is 2.20. The third kappa shape index (κ3) is 2.51. The van der Waals surface area contributed by atoms with Gasteiger partial charge < -0.3 is 4.74 Å². The Balaban J connectivity index is 2.39. The fourth-order valence-electron chi connectivity index (χ4n) is 1.49. The molecule has 2 aromatic rings. The first kappa shape index (κ1) is 12.2. The summed E-state index contributed by atoms with van der Waals surface area (Å²) in [7, 11) is 0. The largest absolute Gasteiger partial charge is 0.477 e. The molecule has 92 valence electrons. The quantitative estimate of drug-likeness (QED) is 0.778. The minimum atomic E-state index is -0.578. The van der Waals surface area contributed by atoms with Crippen LogP contribution in [0.2, 0.25) is 0 Å². The van der Waals surface area contributed by atoms with Gasteiger partial charge in [-0.2, -0.15) is 0 Å². The number of carbonyl (C=O) groups excluding carboxylic acids is 1. The minimum absolute atomic E-state index is 0.0210. The molecule has 4 nitrogen and oxygen atoms in total. The maximum atomic E-state index is 13.5. The Labute approximate surface area is 103 Å². The number of halogens is 1. The van der Waals surface area contributed by atoms with Gasteiger partial charge in [-0.05, 0) is 19.1 Å². The number of nitrogens with zero attached hydrogens (tertiary/aromatic N) is 2. The first-order valence-corrected chi connectivity index (χ1v) is 5.44. The van der Waals surface area contributed by atoms with Crippen LogP contribution in [0.1, 0.15) is 17.3 Å². The first-order chi connectivity index (χ1) is 8.74. The number of hydrogen-bond donors (Lipinski definition) is 0. The summed E-state index contributed by atoms with van der Waals surface area (Å²) in [6.45, 7) is 2.32. The Morgan fingerprint density at radius 3 is 2.89 bits per heavy atom. The van der Waals surface area contributed by atoms with Gasteiger partial charge in [-0.1, -0.05) is 6.07 Å². The minimum Gasteiger partial charge on any atom is -0.477 e. The highest BCUT2D eigenvalue weighted by Gasteiger charge is 2.07. The zero-order valence-corrected chi connectivity index (χ0v) is 9.76. The SMILES string of the molecule is CCOc1cncc(-c2ccc(C=O)c(F)c2)n1. The van der Waals surface area contributed by atoms with Gasteiger partial charge in [-0.15, -0.1) is 0 Å². The molecule has 0 fully saturated rings. The second-order valence-corrected chi connectivity index (χ2v) is 3.53. The third-order valence-corrected chi connectivity index (χ3v) is 2.33. The van der Waals surface area contributed by atoms with Gasteiger partial charge in [0.05, 0.1) is 30.3 Å². The summed E-state index contributed by atoms with van der Waals surface area (Å²) in [4.78, 5) is 18.7. The molecule has 1 heterocycles. The van der Waals surface area contributed by atoms with Crippen molar-refractivity contribution < 1.29 is 13.9 Å². The van der Waals surface area contributed by atoms with Crippen molar-refractivity contribution in [1.82, 2.24) is 9.97 Å². The van der Waals surface area contributed by atoms with E-state index in [4.69, 9.17) is 4.74 Å². The number of carbonyl (C=O) groups is 1. The van der Waals surface area contributed by atoms with Crippen LogP contribution in [-0.4, -0.2) is 22.9 Å². The summed E-state index contributed by atoms with van der Waals surface area (Å²) in [6, 6.07) is 4.28. The predicted octanol–water partition coefficient (Wildman–Crippen LogP) is 2.49. The lowest BCUT2D eigenvalue weighted by Gasteiger charge is -2.05. The zero-order chi connectivity index (χ0) is 13.0. The molecule has 2 rings (SSSR count). The fourth-order valence-corrected chi connectivity index (χ4v) is 1.49. The summed E-state index contributed by atoms with van der Waals surface area (Å²) >= 11 is 0. The van der Waals surface area contributed by atoms with Crippen LogP contribution in [0.4, 0.5) is 4.39 Å². The molecular formula is C13H11FN2O2. The maximum absolute atomic E-state index is 13.5. The van der Waals surface area contributed by atoms with Crippen molar-refractivity contribution in [1.29, 1.82) is 0 Å². The number of benzene rings is 1. The Kier molecular flexibility index (Phi) is 3.62. The second-order valence-electron chi connectivity index (χ2n) is 3.53. The normalized spacial score (nSPS) is 10.1. The van der Waals surface area contributed by atoms with E-state index in [9.17, 15) is 9.18 Å². The Bertz CT molecular complexity index is 573. The molecule has 0 saturated carbocycles. The van der Waals surface area contributed by atoms with Crippen LogP contribution in [-0.2, 0) is 0 Å². The van der Waals surface area contributed by atoms with Gasteiger partial charge in [-0.25, -0.2) is 9.37 Å². The lowest BCUT2D eigenvalue weighted by molar-refractivity contribution is 0.112. The van der Waals surface area contributed by atoms with E-state index in [1.807, 2.05) is 6.92 Å². The molecule has 0 N–H and O–H groups in total. The van der Waals surface area contributed by atoms with E-state index in [-0.39, 0.29) is 5.56 Å². The summed E-state index contributed by atoms with van der Waals surface area (Å²) in [5.74, 6) is -0.194.